The molecule has 1 aliphatic heterocycles. The van der Waals surface area contributed by atoms with E-state index in [0.717, 1.165) is 40.4 Å². The van der Waals surface area contributed by atoms with Crippen LogP contribution < -0.4 is 4.57 Å². The van der Waals surface area contributed by atoms with Crippen LogP contribution in [0, 0.1) is 0 Å². The zero-order chi connectivity index (χ0) is 16.4. The summed E-state index contributed by atoms with van der Waals surface area (Å²) >= 11 is 0. The molecule has 0 N–H and O–H groups in total. The lowest BCUT2D eigenvalue weighted by Crippen LogP contribution is -2.30. The van der Waals surface area contributed by atoms with Crippen LogP contribution >= 0.6 is 0 Å². The van der Waals surface area contributed by atoms with Crippen LogP contribution in [0.1, 0.15) is 5.56 Å². The number of fused-ring (bicyclic) bond motifs is 7. The summed E-state index contributed by atoms with van der Waals surface area (Å²) in [6.07, 6.45) is 1.83. The molecule has 0 aliphatic carbocycles. The molecule has 118 valence electrons. The quantitative estimate of drug-likeness (QED) is 0.427. The molecule has 0 saturated carbocycles. The Hall–Kier alpha value is -3.40. The topological polar surface area (TPSA) is 34.8 Å². The van der Waals surface area contributed by atoms with Crippen LogP contribution in [0.25, 0.3) is 39.4 Å². The minimum Gasteiger partial charge on any atom is -0.380 e. The van der Waals surface area contributed by atoms with E-state index in [0.29, 0.717) is 0 Å². The first-order valence-electron chi connectivity index (χ1n) is 8.37. The Morgan fingerprint density at radius 2 is 1.76 bits per heavy atom. The summed E-state index contributed by atoms with van der Waals surface area (Å²) < 4.78 is 10.8. The Balaban J connectivity index is 1.78. The summed E-state index contributed by atoms with van der Waals surface area (Å²) in [6, 6.07) is 22.8. The highest BCUT2D eigenvalue weighted by molar-refractivity contribution is 6.02. The van der Waals surface area contributed by atoms with Crippen LogP contribution in [0.2, 0.25) is 0 Å². The molecule has 0 spiro atoms. The van der Waals surface area contributed by atoms with E-state index in [1.165, 1.54) is 11.1 Å². The highest BCUT2D eigenvalue weighted by Crippen LogP contribution is 2.36. The average molecular weight is 324 g/mol. The van der Waals surface area contributed by atoms with E-state index in [1.54, 1.807) is 0 Å². The third-order valence-corrected chi connectivity index (χ3v) is 4.96. The number of oxazole rings is 1. The van der Waals surface area contributed by atoms with Gasteiger partial charge in [0.2, 0.25) is 0 Å². The number of hydrogen-bond donors (Lipinski definition) is 0. The number of para-hydroxylation sites is 1. The molecule has 0 radical (unpaired) electrons. The number of benzene rings is 2. The number of hydrogen-bond acceptors (Lipinski definition) is 2. The van der Waals surface area contributed by atoms with Gasteiger partial charge < -0.3 is 4.42 Å². The molecule has 0 fully saturated rings. The lowest BCUT2D eigenvalue weighted by molar-refractivity contribution is -0.648. The number of pyridine rings is 1. The second-order valence-electron chi connectivity index (χ2n) is 6.35. The normalized spacial score (nSPS) is 12.6. The largest absolute Gasteiger partial charge is 0.383 e. The van der Waals surface area contributed by atoms with Gasteiger partial charge in [-0.05, 0) is 30.3 Å². The summed E-state index contributed by atoms with van der Waals surface area (Å²) in [5.74, 6) is 0.927. The van der Waals surface area contributed by atoms with Gasteiger partial charge in [0.15, 0.2) is 12.2 Å². The molecule has 0 unspecified atom stereocenters. The molecule has 25 heavy (non-hydrogen) atoms. The van der Waals surface area contributed by atoms with Crippen LogP contribution in [-0.4, -0.2) is 9.55 Å². The monoisotopic (exact) mass is 324 g/mol. The van der Waals surface area contributed by atoms with Gasteiger partial charge in [0.05, 0.1) is 16.6 Å². The molecule has 0 atom stereocenters. The maximum atomic E-state index is 6.39. The molecule has 4 heteroatoms. The van der Waals surface area contributed by atoms with Crippen molar-refractivity contribution in [3.8, 4) is 17.1 Å². The lowest BCUT2D eigenvalue weighted by atomic mass is 10.1. The Bertz CT molecular complexity index is 1260. The highest BCUT2D eigenvalue weighted by atomic mass is 16.4. The summed E-state index contributed by atoms with van der Waals surface area (Å²) in [7, 11) is 0. The minimum absolute atomic E-state index is 0.835. The van der Waals surface area contributed by atoms with Gasteiger partial charge in [0.1, 0.15) is 0 Å². The first-order valence-corrected chi connectivity index (χ1v) is 8.37. The predicted molar refractivity (Wildman–Crippen MR) is 95.6 cm³/mol. The molecule has 6 rings (SSSR count). The molecule has 2 aromatic carbocycles. The Labute approximate surface area is 143 Å². The van der Waals surface area contributed by atoms with Crippen molar-refractivity contribution in [3.63, 3.8) is 0 Å². The summed E-state index contributed by atoms with van der Waals surface area (Å²) in [6.45, 7) is 0.835. The Morgan fingerprint density at radius 1 is 0.920 bits per heavy atom. The standard InChI is InChI=1S/C21H14N3O/c1-2-8-15(9-3-1)24-19-17(11-6-12-22-19)18-21(24)25-20-16-10-5-4-7-14(16)13-23(18)20/h1-12H,13H2/q+1. The van der Waals surface area contributed by atoms with E-state index in [1.807, 2.05) is 30.5 Å². The van der Waals surface area contributed by atoms with Crippen molar-refractivity contribution in [3.05, 3.63) is 78.5 Å². The molecular weight excluding hydrogens is 310 g/mol. The van der Waals surface area contributed by atoms with Crippen LogP contribution in [0.15, 0.2) is 77.3 Å². The zero-order valence-electron chi connectivity index (χ0n) is 13.4. The van der Waals surface area contributed by atoms with Crippen molar-refractivity contribution in [1.82, 2.24) is 9.55 Å². The highest BCUT2D eigenvalue weighted by Gasteiger charge is 2.37. The number of rotatable bonds is 1. The molecule has 3 aromatic heterocycles. The minimum atomic E-state index is 0.835. The van der Waals surface area contributed by atoms with Crippen molar-refractivity contribution in [2.24, 2.45) is 0 Å². The predicted octanol–water partition coefficient (Wildman–Crippen LogP) is 4.09. The second kappa shape index (κ2) is 4.57. The summed E-state index contributed by atoms with van der Waals surface area (Å²) in [5, 5.41) is 1.11. The third-order valence-electron chi connectivity index (χ3n) is 4.96. The van der Waals surface area contributed by atoms with Crippen molar-refractivity contribution < 1.29 is 8.98 Å². The molecular formula is C21H14N3O+. The van der Waals surface area contributed by atoms with Gasteiger partial charge in [-0.25, -0.2) is 4.98 Å². The lowest BCUT2D eigenvalue weighted by Gasteiger charge is -2.03. The molecule has 5 aromatic rings. The third kappa shape index (κ3) is 1.61. The first kappa shape index (κ1) is 13.0. The molecule has 4 nitrogen and oxygen atoms in total. The summed E-state index contributed by atoms with van der Waals surface area (Å²) in [4.78, 5) is 4.63. The maximum absolute atomic E-state index is 6.39. The van der Waals surface area contributed by atoms with Gasteiger partial charge in [-0.15, -0.1) is 4.57 Å². The number of aromatic nitrogens is 3. The van der Waals surface area contributed by atoms with E-state index in [9.17, 15) is 0 Å². The van der Waals surface area contributed by atoms with Crippen molar-refractivity contribution in [1.29, 1.82) is 0 Å². The second-order valence-corrected chi connectivity index (χ2v) is 6.35. The Morgan fingerprint density at radius 3 is 2.68 bits per heavy atom. The van der Waals surface area contributed by atoms with Gasteiger partial charge in [-0.1, -0.05) is 36.4 Å². The smallest absolute Gasteiger partial charge is 0.380 e. The van der Waals surface area contributed by atoms with Gasteiger partial charge >= 0.3 is 5.89 Å². The van der Waals surface area contributed by atoms with E-state index >= 15 is 0 Å². The van der Waals surface area contributed by atoms with Crippen LogP contribution in [-0.2, 0) is 6.54 Å². The van der Waals surface area contributed by atoms with Gasteiger partial charge in [0.25, 0.3) is 11.2 Å². The number of nitrogens with zero attached hydrogens (tertiary/aromatic N) is 3. The molecule has 4 heterocycles. The molecule has 0 amide bonds. The van der Waals surface area contributed by atoms with E-state index < -0.39 is 0 Å². The van der Waals surface area contributed by atoms with E-state index in [-0.39, 0.29) is 0 Å². The fourth-order valence-electron chi connectivity index (χ4n) is 3.89. The first-order chi connectivity index (χ1) is 12.4. The van der Waals surface area contributed by atoms with Gasteiger partial charge in [0, 0.05) is 11.8 Å². The maximum Gasteiger partial charge on any atom is 0.383 e. The van der Waals surface area contributed by atoms with Gasteiger partial charge in [-0.3, -0.25) is 4.57 Å². The van der Waals surface area contributed by atoms with E-state index in [2.05, 4.69) is 56.6 Å². The van der Waals surface area contributed by atoms with Crippen LogP contribution in [0.3, 0.4) is 0 Å². The summed E-state index contributed by atoms with van der Waals surface area (Å²) in [5.41, 5.74) is 6.42. The van der Waals surface area contributed by atoms with Crippen LogP contribution in [0.4, 0.5) is 0 Å². The zero-order valence-corrected chi connectivity index (χ0v) is 13.4. The Kier molecular flexibility index (Phi) is 2.37. The fourth-order valence-corrected chi connectivity index (χ4v) is 3.89. The average Bonchev–Trinajstić information content (AvgIpc) is 3.29. The van der Waals surface area contributed by atoms with Gasteiger partial charge in [-0.2, -0.15) is 0 Å². The van der Waals surface area contributed by atoms with Crippen molar-refractivity contribution >= 4 is 22.3 Å². The van der Waals surface area contributed by atoms with Crippen molar-refractivity contribution in [2.45, 2.75) is 6.54 Å². The molecule has 0 bridgehead atoms. The molecule has 0 saturated heterocycles. The van der Waals surface area contributed by atoms with E-state index in [4.69, 9.17) is 4.42 Å². The molecule has 1 aliphatic rings. The van der Waals surface area contributed by atoms with Crippen molar-refractivity contribution in [2.75, 3.05) is 0 Å². The fraction of sp³-hybridized carbons (Fsp3) is 0.0476. The van der Waals surface area contributed by atoms with Crippen LogP contribution in [0.5, 0.6) is 0 Å². The SMILES string of the molecule is c1ccc(-n2c3ncccc3c3c2oc2[n+]3Cc3ccccc3-2)cc1.